The number of rotatable bonds is 3. The molecule has 2 aromatic rings. The first-order valence-electron chi connectivity index (χ1n) is 7.34. The molecule has 0 aliphatic heterocycles. The van der Waals surface area contributed by atoms with E-state index in [1.165, 1.54) is 32.1 Å². The van der Waals surface area contributed by atoms with Gasteiger partial charge in [0.15, 0.2) is 5.11 Å². The summed E-state index contributed by atoms with van der Waals surface area (Å²) in [5.41, 5.74) is 4.89. The van der Waals surface area contributed by atoms with E-state index in [1.807, 2.05) is 18.2 Å². The lowest BCUT2D eigenvalue weighted by Crippen LogP contribution is -2.40. The van der Waals surface area contributed by atoms with Crippen LogP contribution in [-0.2, 0) is 0 Å². The van der Waals surface area contributed by atoms with Crippen LogP contribution in [0, 0.1) is 0 Å². The largest absolute Gasteiger partial charge is 0.359 e. The van der Waals surface area contributed by atoms with Gasteiger partial charge in [-0.15, -0.1) is 0 Å². The van der Waals surface area contributed by atoms with Crippen LogP contribution in [-0.4, -0.2) is 27.6 Å². The first kappa shape index (κ1) is 14.0. The van der Waals surface area contributed by atoms with E-state index in [1.54, 1.807) is 12.4 Å². The van der Waals surface area contributed by atoms with E-state index >= 15 is 0 Å². The molecule has 0 unspecified atom stereocenters. The average Bonchev–Trinajstić information content (AvgIpc) is 2.96. The molecule has 0 amide bonds. The van der Waals surface area contributed by atoms with Crippen molar-refractivity contribution in [2.75, 3.05) is 0 Å². The molecule has 1 fully saturated rings. The molecule has 1 saturated carbocycles. The van der Waals surface area contributed by atoms with Crippen LogP contribution in [0.25, 0.3) is 10.9 Å². The molecule has 21 heavy (non-hydrogen) atoms. The second kappa shape index (κ2) is 6.67. The summed E-state index contributed by atoms with van der Waals surface area (Å²) < 4.78 is 0. The number of benzene rings is 1. The molecular formula is C15H19N5S. The molecule has 5 nitrogen and oxygen atoms in total. The Morgan fingerprint density at radius 3 is 3.05 bits per heavy atom. The highest BCUT2D eigenvalue weighted by Gasteiger charge is 2.13. The third kappa shape index (κ3) is 3.78. The van der Waals surface area contributed by atoms with Gasteiger partial charge in [-0.2, -0.15) is 10.2 Å². The number of nitrogens with zero attached hydrogens (tertiary/aromatic N) is 2. The molecule has 0 atom stereocenters. The summed E-state index contributed by atoms with van der Waals surface area (Å²) in [6.45, 7) is 0. The van der Waals surface area contributed by atoms with Gasteiger partial charge in [0, 0.05) is 11.4 Å². The lowest BCUT2D eigenvalue weighted by atomic mass is 9.96. The summed E-state index contributed by atoms with van der Waals surface area (Å²) in [6.07, 6.45) is 9.87. The summed E-state index contributed by atoms with van der Waals surface area (Å²) in [7, 11) is 0. The second-order valence-corrected chi connectivity index (χ2v) is 5.80. The third-order valence-electron chi connectivity index (χ3n) is 3.79. The van der Waals surface area contributed by atoms with Gasteiger partial charge in [-0.1, -0.05) is 31.4 Å². The Labute approximate surface area is 129 Å². The molecule has 110 valence electrons. The minimum Gasteiger partial charge on any atom is -0.359 e. The fourth-order valence-corrected chi connectivity index (χ4v) is 2.88. The summed E-state index contributed by atoms with van der Waals surface area (Å²) in [5.74, 6) is 0. The van der Waals surface area contributed by atoms with Crippen molar-refractivity contribution in [3.63, 3.8) is 0 Å². The highest BCUT2D eigenvalue weighted by atomic mass is 32.1. The Hall–Kier alpha value is -1.95. The van der Waals surface area contributed by atoms with Crippen LogP contribution >= 0.6 is 12.2 Å². The monoisotopic (exact) mass is 301 g/mol. The Balaban J connectivity index is 1.52. The maximum atomic E-state index is 5.26. The van der Waals surface area contributed by atoms with Crippen molar-refractivity contribution >= 4 is 34.4 Å². The molecule has 1 heterocycles. The zero-order valence-electron chi connectivity index (χ0n) is 11.8. The number of hydrogen-bond acceptors (Lipinski definition) is 3. The van der Waals surface area contributed by atoms with E-state index in [-0.39, 0.29) is 0 Å². The summed E-state index contributed by atoms with van der Waals surface area (Å²) in [6, 6.07) is 6.51. The van der Waals surface area contributed by atoms with Gasteiger partial charge in [-0.3, -0.25) is 10.5 Å². The fourth-order valence-electron chi connectivity index (χ4n) is 2.66. The Morgan fingerprint density at radius 2 is 2.19 bits per heavy atom. The van der Waals surface area contributed by atoms with E-state index in [2.05, 4.69) is 26.0 Å². The van der Waals surface area contributed by atoms with Crippen molar-refractivity contribution in [1.29, 1.82) is 0 Å². The Kier molecular flexibility index (Phi) is 4.45. The number of hydrazone groups is 1. The fraction of sp³-hybridized carbons (Fsp3) is 0.400. The van der Waals surface area contributed by atoms with Gasteiger partial charge in [-0.25, -0.2) is 0 Å². The Morgan fingerprint density at radius 1 is 1.33 bits per heavy atom. The van der Waals surface area contributed by atoms with Gasteiger partial charge in [-0.05, 0) is 36.7 Å². The van der Waals surface area contributed by atoms with Crippen molar-refractivity contribution < 1.29 is 0 Å². The molecule has 0 spiro atoms. The van der Waals surface area contributed by atoms with E-state index in [0.717, 1.165) is 16.5 Å². The first-order chi connectivity index (χ1) is 10.3. The molecule has 3 N–H and O–H groups in total. The van der Waals surface area contributed by atoms with Crippen molar-refractivity contribution in [3.05, 3.63) is 30.0 Å². The van der Waals surface area contributed by atoms with Crippen LogP contribution in [0.3, 0.4) is 0 Å². The lowest BCUT2D eigenvalue weighted by molar-refractivity contribution is 0.412. The Bertz CT molecular complexity index is 642. The first-order valence-corrected chi connectivity index (χ1v) is 7.75. The van der Waals surface area contributed by atoms with E-state index in [9.17, 15) is 0 Å². The zero-order valence-corrected chi connectivity index (χ0v) is 12.6. The molecule has 0 saturated heterocycles. The third-order valence-corrected chi connectivity index (χ3v) is 4.00. The molecule has 1 aromatic heterocycles. The highest BCUT2D eigenvalue weighted by molar-refractivity contribution is 7.80. The number of aromatic nitrogens is 2. The average molecular weight is 301 g/mol. The predicted octanol–water partition coefficient (Wildman–Crippen LogP) is 2.69. The van der Waals surface area contributed by atoms with Gasteiger partial charge in [0.05, 0.1) is 17.9 Å². The van der Waals surface area contributed by atoms with Crippen molar-refractivity contribution in [2.45, 2.75) is 38.1 Å². The number of thiocarbonyl (C=S) groups is 1. The summed E-state index contributed by atoms with van der Waals surface area (Å²) in [4.78, 5) is 0. The number of fused-ring (bicyclic) bond motifs is 1. The molecule has 3 rings (SSSR count). The minimum atomic E-state index is 0.496. The normalized spacial score (nSPS) is 16.4. The SMILES string of the molecule is S=C(N/N=C/c1ccc2cn[nH]c2c1)NC1CCCCC1. The van der Waals surface area contributed by atoms with Crippen LogP contribution in [0.1, 0.15) is 37.7 Å². The maximum Gasteiger partial charge on any atom is 0.187 e. The predicted molar refractivity (Wildman–Crippen MR) is 89.4 cm³/mol. The van der Waals surface area contributed by atoms with Crippen molar-refractivity contribution in [2.24, 2.45) is 5.10 Å². The van der Waals surface area contributed by atoms with Crippen LogP contribution in [0.4, 0.5) is 0 Å². The number of H-pyrrole nitrogens is 1. The molecule has 1 aliphatic carbocycles. The quantitative estimate of drug-likeness (QED) is 0.463. The van der Waals surface area contributed by atoms with Gasteiger partial charge in [0.25, 0.3) is 0 Å². The van der Waals surface area contributed by atoms with E-state index in [0.29, 0.717) is 11.2 Å². The summed E-state index contributed by atoms with van der Waals surface area (Å²) >= 11 is 5.26. The van der Waals surface area contributed by atoms with Crippen molar-refractivity contribution in [3.8, 4) is 0 Å². The lowest BCUT2D eigenvalue weighted by Gasteiger charge is -2.23. The molecule has 6 heteroatoms. The number of nitrogens with one attached hydrogen (secondary N) is 3. The standard InChI is InChI=1S/C15H19N5S/c21-15(18-13-4-2-1-3-5-13)20-16-9-11-6-7-12-10-17-19-14(12)8-11/h6-10,13H,1-5H2,(H,17,19)(H2,18,20,21)/b16-9+. The minimum absolute atomic E-state index is 0.496. The molecule has 1 aliphatic rings. The van der Waals surface area contributed by atoms with Gasteiger partial charge >= 0.3 is 0 Å². The number of aromatic amines is 1. The van der Waals surface area contributed by atoms with Crippen LogP contribution in [0.5, 0.6) is 0 Å². The van der Waals surface area contributed by atoms with E-state index in [4.69, 9.17) is 12.2 Å². The molecule has 1 aromatic carbocycles. The topological polar surface area (TPSA) is 65.1 Å². The van der Waals surface area contributed by atoms with Crippen molar-refractivity contribution in [1.82, 2.24) is 20.9 Å². The molecule has 0 bridgehead atoms. The van der Waals surface area contributed by atoms with Crippen LogP contribution in [0.15, 0.2) is 29.5 Å². The maximum absolute atomic E-state index is 5.26. The van der Waals surface area contributed by atoms with E-state index < -0.39 is 0 Å². The highest BCUT2D eigenvalue weighted by Crippen LogP contribution is 2.17. The number of hydrogen-bond donors (Lipinski definition) is 3. The smallest absolute Gasteiger partial charge is 0.187 e. The summed E-state index contributed by atoms with van der Waals surface area (Å²) in [5, 5.41) is 16.1. The molecular weight excluding hydrogens is 282 g/mol. The molecule has 0 radical (unpaired) electrons. The van der Waals surface area contributed by atoms with Gasteiger partial charge in [0.1, 0.15) is 0 Å². The van der Waals surface area contributed by atoms with Crippen LogP contribution in [0.2, 0.25) is 0 Å². The van der Waals surface area contributed by atoms with Crippen LogP contribution < -0.4 is 10.7 Å². The second-order valence-electron chi connectivity index (χ2n) is 5.40. The zero-order chi connectivity index (χ0) is 14.5. The van der Waals surface area contributed by atoms with Gasteiger partial charge in [0.2, 0.25) is 0 Å². The van der Waals surface area contributed by atoms with Gasteiger partial charge < -0.3 is 5.32 Å².